The first-order valence-corrected chi connectivity index (χ1v) is 12.9. The normalized spacial score (nSPS) is 13.3. The zero-order valence-electron chi connectivity index (χ0n) is 20.4. The maximum Gasteiger partial charge on any atom is 0.0540 e. The van der Waals surface area contributed by atoms with Gasteiger partial charge in [0.1, 0.15) is 0 Å². The molecule has 0 aromatic rings. The van der Waals surface area contributed by atoms with Gasteiger partial charge >= 0.3 is 0 Å². The van der Waals surface area contributed by atoms with Crippen molar-refractivity contribution < 1.29 is 10.2 Å². The standard InChI is InChI=1S/C14H30O.C12H26O/c1-4-6-8-10-12-14(13(3)15)11-9-7-5-2;1-3-5-7-9-12(11-13)10-8-6-4-2/h13-15H,4-12H2,1-3H3;12-13H,3-11H2,1-2H3. The number of hydrogen-bond acceptors (Lipinski definition) is 2. The molecule has 0 radical (unpaired) electrons. The largest absolute Gasteiger partial charge is 0.396 e. The second kappa shape index (κ2) is 25.0. The van der Waals surface area contributed by atoms with E-state index in [1.54, 1.807) is 0 Å². The lowest BCUT2D eigenvalue weighted by Crippen LogP contribution is -2.16. The zero-order chi connectivity index (χ0) is 21.5. The van der Waals surface area contributed by atoms with Crippen molar-refractivity contribution in [3.8, 4) is 0 Å². The molecule has 0 saturated heterocycles. The van der Waals surface area contributed by atoms with E-state index in [2.05, 4.69) is 27.7 Å². The Kier molecular flexibility index (Phi) is 26.8. The van der Waals surface area contributed by atoms with E-state index in [-0.39, 0.29) is 6.10 Å². The summed E-state index contributed by atoms with van der Waals surface area (Å²) in [5.74, 6) is 1.13. The lowest BCUT2D eigenvalue weighted by Gasteiger charge is -2.19. The minimum absolute atomic E-state index is 0.108. The minimum Gasteiger partial charge on any atom is -0.396 e. The third-order valence-corrected chi connectivity index (χ3v) is 5.98. The zero-order valence-corrected chi connectivity index (χ0v) is 20.4. The van der Waals surface area contributed by atoms with Crippen LogP contribution in [0.1, 0.15) is 144 Å². The fourth-order valence-corrected chi connectivity index (χ4v) is 3.81. The molecule has 0 bridgehead atoms. The van der Waals surface area contributed by atoms with Crippen LogP contribution in [-0.2, 0) is 0 Å². The number of hydrogen-bond donors (Lipinski definition) is 2. The molecular formula is C26H56O2. The van der Waals surface area contributed by atoms with E-state index in [0.717, 1.165) is 0 Å². The van der Waals surface area contributed by atoms with Gasteiger partial charge in [-0.15, -0.1) is 0 Å². The number of aliphatic hydroxyl groups excluding tert-OH is 2. The van der Waals surface area contributed by atoms with E-state index in [1.807, 2.05) is 6.92 Å². The first-order chi connectivity index (χ1) is 13.6. The quantitative estimate of drug-likeness (QED) is 0.214. The molecule has 0 fully saturated rings. The maximum absolute atomic E-state index is 9.67. The van der Waals surface area contributed by atoms with Gasteiger partial charge in [-0.25, -0.2) is 0 Å². The van der Waals surface area contributed by atoms with Crippen LogP contribution in [0.3, 0.4) is 0 Å². The van der Waals surface area contributed by atoms with E-state index < -0.39 is 0 Å². The highest BCUT2D eigenvalue weighted by Crippen LogP contribution is 2.21. The van der Waals surface area contributed by atoms with Crippen molar-refractivity contribution in [1.29, 1.82) is 0 Å². The fraction of sp³-hybridized carbons (Fsp3) is 1.00. The Labute approximate surface area is 178 Å². The molecule has 2 atom stereocenters. The molecule has 2 heteroatoms. The Hall–Kier alpha value is -0.0800. The monoisotopic (exact) mass is 400 g/mol. The fourth-order valence-electron chi connectivity index (χ4n) is 3.81. The van der Waals surface area contributed by atoms with Gasteiger partial charge in [0.05, 0.1) is 6.10 Å². The third kappa shape index (κ3) is 22.2. The second-order valence-corrected chi connectivity index (χ2v) is 8.89. The first-order valence-electron chi connectivity index (χ1n) is 12.9. The summed E-state index contributed by atoms with van der Waals surface area (Å²) in [4.78, 5) is 0. The van der Waals surface area contributed by atoms with Crippen LogP contribution in [-0.4, -0.2) is 22.9 Å². The Bertz CT molecular complexity index is 255. The van der Waals surface area contributed by atoms with Crippen LogP contribution in [0.4, 0.5) is 0 Å². The van der Waals surface area contributed by atoms with Gasteiger partial charge in [-0.05, 0) is 44.4 Å². The lowest BCUT2D eigenvalue weighted by atomic mass is 9.91. The predicted octanol–water partition coefficient (Wildman–Crippen LogP) is 8.29. The molecule has 0 aromatic heterocycles. The van der Waals surface area contributed by atoms with Crippen molar-refractivity contribution in [2.75, 3.05) is 6.61 Å². The van der Waals surface area contributed by atoms with Crippen LogP contribution in [0.5, 0.6) is 0 Å². The van der Waals surface area contributed by atoms with E-state index in [9.17, 15) is 5.11 Å². The van der Waals surface area contributed by atoms with Crippen LogP contribution in [0.15, 0.2) is 0 Å². The van der Waals surface area contributed by atoms with Crippen LogP contribution < -0.4 is 0 Å². The van der Waals surface area contributed by atoms with Gasteiger partial charge in [0, 0.05) is 6.61 Å². The van der Waals surface area contributed by atoms with Crippen molar-refractivity contribution in [1.82, 2.24) is 0 Å². The Morgan fingerprint density at radius 2 is 0.893 bits per heavy atom. The maximum atomic E-state index is 9.67. The highest BCUT2D eigenvalue weighted by Gasteiger charge is 2.13. The summed E-state index contributed by atoms with van der Waals surface area (Å²) < 4.78 is 0. The second-order valence-electron chi connectivity index (χ2n) is 8.89. The lowest BCUT2D eigenvalue weighted by molar-refractivity contribution is 0.111. The van der Waals surface area contributed by atoms with Gasteiger partial charge in [-0.2, -0.15) is 0 Å². The van der Waals surface area contributed by atoms with E-state index in [1.165, 1.54) is 109 Å². The highest BCUT2D eigenvalue weighted by atomic mass is 16.3. The SMILES string of the molecule is CCCCCC(CO)CCCCC.CCCCCCC(CCCCC)C(C)O. The molecular weight excluding hydrogens is 344 g/mol. The summed E-state index contributed by atoms with van der Waals surface area (Å²) >= 11 is 0. The molecule has 0 aliphatic rings. The number of rotatable bonds is 19. The molecule has 0 amide bonds. The average molecular weight is 401 g/mol. The molecule has 0 aromatic carbocycles. The highest BCUT2D eigenvalue weighted by molar-refractivity contribution is 4.65. The summed E-state index contributed by atoms with van der Waals surface area (Å²) in [5, 5.41) is 18.8. The Morgan fingerprint density at radius 1 is 0.536 bits per heavy atom. The summed E-state index contributed by atoms with van der Waals surface area (Å²) in [5.41, 5.74) is 0. The summed E-state index contributed by atoms with van der Waals surface area (Å²) in [7, 11) is 0. The smallest absolute Gasteiger partial charge is 0.0540 e. The molecule has 0 aliphatic heterocycles. The van der Waals surface area contributed by atoms with Gasteiger partial charge in [-0.1, -0.05) is 111 Å². The molecule has 2 nitrogen and oxygen atoms in total. The molecule has 172 valence electrons. The van der Waals surface area contributed by atoms with E-state index in [0.29, 0.717) is 18.4 Å². The van der Waals surface area contributed by atoms with Crippen LogP contribution >= 0.6 is 0 Å². The van der Waals surface area contributed by atoms with Crippen molar-refractivity contribution in [3.63, 3.8) is 0 Å². The molecule has 0 saturated carbocycles. The van der Waals surface area contributed by atoms with Crippen molar-refractivity contribution in [2.24, 2.45) is 11.8 Å². The van der Waals surface area contributed by atoms with E-state index in [4.69, 9.17) is 5.11 Å². The van der Waals surface area contributed by atoms with Gasteiger partial charge < -0.3 is 10.2 Å². The Morgan fingerprint density at radius 3 is 1.25 bits per heavy atom. The Balaban J connectivity index is 0. The molecule has 2 unspecified atom stereocenters. The predicted molar refractivity (Wildman–Crippen MR) is 127 cm³/mol. The molecule has 0 heterocycles. The summed E-state index contributed by atoms with van der Waals surface area (Å²) in [6, 6.07) is 0. The summed E-state index contributed by atoms with van der Waals surface area (Å²) in [6.07, 6.45) is 21.8. The molecule has 0 aliphatic carbocycles. The van der Waals surface area contributed by atoms with Crippen molar-refractivity contribution in [3.05, 3.63) is 0 Å². The van der Waals surface area contributed by atoms with Crippen LogP contribution in [0.25, 0.3) is 0 Å². The van der Waals surface area contributed by atoms with Gasteiger partial charge in [0.15, 0.2) is 0 Å². The minimum atomic E-state index is -0.108. The van der Waals surface area contributed by atoms with Gasteiger partial charge in [-0.3, -0.25) is 0 Å². The number of unbranched alkanes of at least 4 members (excludes halogenated alkanes) is 9. The number of aliphatic hydroxyl groups is 2. The van der Waals surface area contributed by atoms with Crippen LogP contribution in [0, 0.1) is 11.8 Å². The average Bonchev–Trinajstić information content (AvgIpc) is 2.69. The van der Waals surface area contributed by atoms with Gasteiger partial charge in [0.25, 0.3) is 0 Å². The first kappa shape index (κ1) is 30.1. The third-order valence-electron chi connectivity index (χ3n) is 5.98. The van der Waals surface area contributed by atoms with Crippen LogP contribution in [0.2, 0.25) is 0 Å². The topological polar surface area (TPSA) is 40.5 Å². The molecule has 0 spiro atoms. The summed E-state index contributed by atoms with van der Waals surface area (Å²) in [6.45, 7) is 11.3. The molecule has 28 heavy (non-hydrogen) atoms. The van der Waals surface area contributed by atoms with Crippen molar-refractivity contribution in [2.45, 2.75) is 150 Å². The van der Waals surface area contributed by atoms with E-state index >= 15 is 0 Å². The van der Waals surface area contributed by atoms with Crippen molar-refractivity contribution >= 4 is 0 Å². The van der Waals surface area contributed by atoms with Gasteiger partial charge in [0.2, 0.25) is 0 Å². The molecule has 2 N–H and O–H groups in total. The molecule has 0 rings (SSSR count).